The van der Waals surface area contributed by atoms with E-state index in [0.29, 0.717) is 38.4 Å². The minimum absolute atomic E-state index is 0.0147. The van der Waals surface area contributed by atoms with Gasteiger partial charge in [-0.1, -0.05) is 0 Å². The first-order valence-electron chi connectivity index (χ1n) is 10.2. The Bertz CT molecular complexity index is 961. The lowest BCUT2D eigenvalue weighted by molar-refractivity contribution is -0.153. The number of rotatable bonds is 6. The summed E-state index contributed by atoms with van der Waals surface area (Å²) < 4.78 is 73.0. The third-order valence-electron chi connectivity index (χ3n) is 5.39. The Hall–Kier alpha value is -2.34. The van der Waals surface area contributed by atoms with Gasteiger partial charge in [0.15, 0.2) is 15.9 Å². The second-order valence-electron chi connectivity index (χ2n) is 7.92. The highest BCUT2D eigenvalue weighted by atomic mass is 32.2. The number of carbonyl (C=O) groups is 2. The summed E-state index contributed by atoms with van der Waals surface area (Å²) in [5.74, 6) is -1.96. The molecule has 2 aliphatic heterocycles. The predicted octanol–water partition coefficient (Wildman–Crippen LogP) is 2.24. The molecule has 0 aliphatic carbocycles. The van der Waals surface area contributed by atoms with Crippen molar-refractivity contribution in [2.24, 2.45) is 5.92 Å². The first kappa shape index (κ1) is 24.3. The van der Waals surface area contributed by atoms with Gasteiger partial charge in [-0.05, 0) is 37.5 Å². The summed E-state index contributed by atoms with van der Waals surface area (Å²) in [4.78, 5) is 26.5. The van der Waals surface area contributed by atoms with Gasteiger partial charge in [-0.3, -0.25) is 9.59 Å². The number of ether oxygens (including phenoxy) is 2. The van der Waals surface area contributed by atoms with Gasteiger partial charge in [0.05, 0.1) is 41.7 Å². The number of hydrogen-bond acceptors (Lipinski definition) is 7. The van der Waals surface area contributed by atoms with E-state index in [-0.39, 0.29) is 29.5 Å². The van der Waals surface area contributed by atoms with Crippen molar-refractivity contribution >= 4 is 33.1 Å². The van der Waals surface area contributed by atoms with Crippen LogP contribution in [0.4, 0.5) is 24.5 Å². The maximum atomic E-state index is 13.2. The maximum absolute atomic E-state index is 13.2. The molecule has 2 saturated heterocycles. The lowest BCUT2D eigenvalue weighted by Gasteiger charge is -2.31. The second-order valence-corrected chi connectivity index (χ2v) is 10.2. The van der Waals surface area contributed by atoms with E-state index >= 15 is 0 Å². The zero-order chi connectivity index (χ0) is 23.5. The van der Waals surface area contributed by atoms with Crippen LogP contribution < -0.4 is 10.2 Å². The molecule has 32 heavy (non-hydrogen) atoms. The fraction of sp³-hybridized carbons (Fsp3) is 0.600. The number of nitrogens with one attached hydrogen (secondary N) is 1. The third kappa shape index (κ3) is 6.35. The van der Waals surface area contributed by atoms with Crippen molar-refractivity contribution in [1.82, 2.24) is 0 Å². The number of benzene rings is 1. The molecule has 1 amide bonds. The molecule has 1 N–H and O–H groups in total. The summed E-state index contributed by atoms with van der Waals surface area (Å²) in [6.45, 7) is 3.01. The van der Waals surface area contributed by atoms with Crippen LogP contribution in [0.2, 0.25) is 0 Å². The number of anilines is 2. The molecule has 12 heteroatoms. The number of amides is 1. The normalized spacial score (nSPS) is 21.8. The zero-order valence-electron chi connectivity index (χ0n) is 17.5. The van der Waals surface area contributed by atoms with Crippen LogP contribution in [0.1, 0.15) is 25.3 Å². The fourth-order valence-corrected chi connectivity index (χ4v) is 5.56. The highest BCUT2D eigenvalue weighted by Crippen LogP contribution is 2.36. The Balaban J connectivity index is 1.68. The van der Waals surface area contributed by atoms with Crippen LogP contribution in [-0.2, 0) is 35.1 Å². The van der Waals surface area contributed by atoms with Crippen molar-refractivity contribution in [3.63, 3.8) is 0 Å². The molecular weight excluding hydrogens is 453 g/mol. The highest BCUT2D eigenvalue weighted by Gasteiger charge is 2.33. The molecule has 2 atom stereocenters. The highest BCUT2D eigenvalue weighted by molar-refractivity contribution is 7.91. The first-order valence-corrected chi connectivity index (χ1v) is 12.0. The first-order chi connectivity index (χ1) is 14.9. The van der Waals surface area contributed by atoms with Crippen LogP contribution in [0.15, 0.2) is 18.2 Å². The van der Waals surface area contributed by atoms with Gasteiger partial charge < -0.3 is 19.7 Å². The van der Waals surface area contributed by atoms with Crippen LogP contribution in [-0.4, -0.2) is 64.2 Å². The summed E-state index contributed by atoms with van der Waals surface area (Å²) in [6, 6.07) is 3.08. The van der Waals surface area contributed by atoms with Crippen molar-refractivity contribution in [3.8, 4) is 0 Å². The second kappa shape index (κ2) is 9.65. The minimum Gasteiger partial charge on any atom is -0.453 e. The van der Waals surface area contributed by atoms with Crippen LogP contribution in [0, 0.1) is 5.92 Å². The molecule has 0 bridgehead atoms. The lowest BCUT2D eigenvalue weighted by atomic mass is 10.1. The molecular formula is C20H25F3N2O6S. The van der Waals surface area contributed by atoms with E-state index in [0.717, 1.165) is 12.1 Å². The average molecular weight is 478 g/mol. The number of esters is 1. The molecule has 8 nitrogen and oxygen atoms in total. The fourth-order valence-electron chi connectivity index (χ4n) is 3.69. The summed E-state index contributed by atoms with van der Waals surface area (Å²) >= 11 is 0. The smallest absolute Gasteiger partial charge is 0.416 e. The third-order valence-corrected chi connectivity index (χ3v) is 7.23. The molecule has 0 unspecified atom stereocenters. The molecule has 2 fully saturated rings. The SMILES string of the molecule is C[C@@H](OC(=O)C[C@@H]1CCS(=O)(=O)C1)C(=O)Nc1cc(C(F)(F)F)ccc1N1CCOCC1. The van der Waals surface area contributed by atoms with E-state index in [4.69, 9.17) is 9.47 Å². The van der Waals surface area contributed by atoms with Gasteiger partial charge in [0.1, 0.15) is 0 Å². The number of morpholine rings is 1. The lowest BCUT2D eigenvalue weighted by Crippen LogP contribution is -2.37. The summed E-state index contributed by atoms with van der Waals surface area (Å²) in [5, 5.41) is 2.44. The molecule has 3 rings (SSSR count). The quantitative estimate of drug-likeness (QED) is 0.626. The van der Waals surface area contributed by atoms with Gasteiger partial charge in [-0.15, -0.1) is 0 Å². The van der Waals surface area contributed by atoms with Crippen LogP contribution in [0.3, 0.4) is 0 Å². The van der Waals surface area contributed by atoms with Gasteiger partial charge in [0.25, 0.3) is 5.91 Å². The van der Waals surface area contributed by atoms with Gasteiger partial charge in [-0.2, -0.15) is 13.2 Å². The number of alkyl halides is 3. The maximum Gasteiger partial charge on any atom is 0.416 e. The Labute approximate surface area is 184 Å². The van der Waals surface area contributed by atoms with E-state index in [1.165, 1.54) is 13.0 Å². The number of nitrogens with zero attached hydrogens (tertiary/aromatic N) is 1. The Morgan fingerprint density at radius 1 is 1.28 bits per heavy atom. The van der Waals surface area contributed by atoms with Gasteiger partial charge in [0, 0.05) is 19.5 Å². The van der Waals surface area contributed by atoms with Gasteiger partial charge in [0.2, 0.25) is 0 Å². The van der Waals surface area contributed by atoms with Gasteiger partial charge >= 0.3 is 12.1 Å². The van der Waals surface area contributed by atoms with E-state index in [2.05, 4.69) is 5.32 Å². The van der Waals surface area contributed by atoms with Crippen LogP contribution in [0.5, 0.6) is 0 Å². The predicted molar refractivity (Wildman–Crippen MR) is 110 cm³/mol. The monoisotopic (exact) mass is 478 g/mol. The molecule has 2 heterocycles. The number of carbonyl (C=O) groups excluding carboxylic acids is 2. The summed E-state index contributed by atoms with van der Waals surface area (Å²) in [5.41, 5.74) is -0.558. The molecule has 0 radical (unpaired) electrons. The summed E-state index contributed by atoms with van der Waals surface area (Å²) in [6.07, 6.45) is -5.65. The van der Waals surface area contributed by atoms with E-state index < -0.39 is 39.6 Å². The van der Waals surface area contributed by atoms with Crippen molar-refractivity contribution < 1.29 is 40.7 Å². The summed E-state index contributed by atoms with van der Waals surface area (Å²) in [7, 11) is -3.15. The van der Waals surface area contributed by atoms with Gasteiger partial charge in [-0.25, -0.2) is 8.42 Å². The van der Waals surface area contributed by atoms with Crippen LogP contribution >= 0.6 is 0 Å². The number of halogens is 3. The minimum atomic E-state index is -4.59. The Kier molecular flexibility index (Phi) is 7.33. The molecule has 0 saturated carbocycles. The van der Waals surface area contributed by atoms with Crippen molar-refractivity contribution in [2.75, 3.05) is 48.0 Å². The Morgan fingerprint density at radius 3 is 2.56 bits per heavy atom. The van der Waals surface area contributed by atoms with Crippen molar-refractivity contribution in [3.05, 3.63) is 23.8 Å². The number of sulfone groups is 1. The Morgan fingerprint density at radius 2 is 1.97 bits per heavy atom. The number of hydrogen-bond donors (Lipinski definition) is 1. The largest absolute Gasteiger partial charge is 0.453 e. The standard InChI is InChI=1S/C20H25F3N2O6S/c1-13(31-18(26)10-14-4-9-32(28,29)12-14)19(27)24-16-11-15(20(21,22)23)2-3-17(16)25-5-7-30-8-6-25/h2-3,11,13-14H,4-10,12H2,1H3,(H,24,27)/t13-,14+/m1/s1. The van der Waals surface area contributed by atoms with Crippen molar-refractivity contribution in [2.45, 2.75) is 32.0 Å². The molecule has 178 valence electrons. The molecule has 1 aromatic rings. The topological polar surface area (TPSA) is 102 Å². The van der Waals surface area contributed by atoms with E-state index in [1.807, 2.05) is 0 Å². The zero-order valence-corrected chi connectivity index (χ0v) is 18.3. The van der Waals surface area contributed by atoms with E-state index in [9.17, 15) is 31.2 Å². The molecule has 2 aliphatic rings. The molecule has 1 aromatic carbocycles. The molecule has 0 spiro atoms. The van der Waals surface area contributed by atoms with Crippen molar-refractivity contribution in [1.29, 1.82) is 0 Å². The average Bonchev–Trinajstić information content (AvgIpc) is 3.05. The van der Waals surface area contributed by atoms with Crippen LogP contribution in [0.25, 0.3) is 0 Å². The molecule has 0 aromatic heterocycles. The van der Waals surface area contributed by atoms with E-state index in [1.54, 1.807) is 4.90 Å².